The number of pyridine rings is 1. The van der Waals surface area contributed by atoms with Crippen LogP contribution < -0.4 is 4.74 Å². The molecular weight excluding hydrogens is 495 g/mol. The molecule has 0 aliphatic carbocycles. The SMILES string of the molecule is CCOC(=O)[C@@H](OC(C)(C)C)c1c(C)c(F)c2c(F)cc(F)cc2c1-c1ccc2c3c(ccnc13)CCO2. The second kappa shape index (κ2) is 9.58. The van der Waals surface area contributed by atoms with Gasteiger partial charge in [0.25, 0.3) is 0 Å². The zero-order chi connectivity index (χ0) is 27.4. The van der Waals surface area contributed by atoms with Crippen molar-refractivity contribution in [2.45, 2.75) is 52.7 Å². The summed E-state index contributed by atoms with van der Waals surface area (Å²) >= 11 is 0. The number of ether oxygens (including phenoxy) is 3. The number of nitrogens with zero attached hydrogens (tertiary/aromatic N) is 1. The Morgan fingerprint density at radius 3 is 2.61 bits per heavy atom. The Morgan fingerprint density at radius 1 is 1.13 bits per heavy atom. The van der Waals surface area contributed by atoms with Crippen LogP contribution in [0.3, 0.4) is 0 Å². The van der Waals surface area contributed by atoms with E-state index >= 15 is 8.78 Å². The van der Waals surface area contributed by atoms with Crippen molar-refractivity contribution >= 4 is 27.6 Å². The van der Waals surface area contributed by atoms with Gasteiger partial charge in [-0.15, -0.1) is 0 Å². The van der Waals surface area contributed by atoms with Gasteiger partial charge in [0.1, 0.15) is 23.2 Å². The van der Waals surface area contributed by atoms with Crippen LogP contribution in [-0.4, -0.2) is 29.8 Å². The molecule has 38 heavy (non-hydrogen) atoms. The molecule has 0 saturated heterocycles. The Bertz CT molecular complexity index is 1580. The minimum Gasteiger partial charge on any atom is -0.493 e. The van der Waals surface area contributed by atoms with Crippen molar-refractivity contribution in [3.8, 4) is 16.9 Å². The molecule has 1 aromatic heterocycles. The maximum atomic E-state index is 15.9. The van der Waals surface area contributed by atoms with Gasteiger partial charge in [-0.3, -0.25) is 4.98 Å². The Hall–Kier alpha value is -3.65. The number of esters is 1. The van der Waals surface area contributed by atoms with Crippen LogP contribution in [0, 0.1) is 24.4 Å². The molecule has 0 spiro atoms. The Labute approximate surface area is 218 Å². The van der Waals surface area contributed by atoms with E-state index in [1.807, 2.05) is 6.07 Å². The molecule has 0 radical (unpaired) electrons. The molecule has 3 aromatic carbocycles. The van der Waals surface area contributed by atoms with E-state index in [4.69, 9.17) is 14.2 Å². The highest BCUT2D eigenvalue weighted by Crippen LogP contribution is 2.46. The Balaban J connectivity index is 1.97. The van der Waals surface area contributed by atoms with Gasteiger partial charge in [0, 0.05) is 35.2 Å². The molecule has 8 heteroatoms. The lowest BCUT2D eigenvalue weighted by Gasteiger charge is -2.30. The number of fused-ring (bicyclic) bond motifs is 1. The first-order chi connectivity index (χ1) is 18.0. The molecule has 5 rings (SSSR count). The molecule has 2 heterocycles. The predicted octanol–water partition coefficient (Wildman–Crippen LogP) is 7.13. The average molecular weight is 524 g/mol. The second-order valence-electron chi connectivity index (χ2n) is 10.3. The van der Waals surface area contributed by atoms with Crippen LogP contribution in [0.2, 0.25) is 0 Å². The van der Waals surface area contributed by atoms with E-state index in [2.05, 4.69) is 4.98 Å². The summed E-state index contributed by atoms with van der Waals surface area (Å²) in [7, 11) is 0. The maximum Gasteiger partial charge on any atom is 0.339 e. The standard InChI is InChI=1S/C30H28F3NO4/c1-6-36-29(35)28(38-30(3,4)5)22-15(2)26(33)25-19(13-17(31)14-20(25)32)24(22)18-7-8-21-23-16(10-12-37-21)9-11-34-27(18)23/h7-9,11,13-14,28H,6,10,12H2,1-5H3/t28-/m0/s1. The van der Waals surface area contributed by atoms with E-state index in [1.54, 1.807) is 46.0 Å². The number of hydrogen-bond acceptors (Lipinski definition) is 5. The molecule has 0 unspecified atom stereocenters. The molecule has 1 atom stereocenters. The van der Waals surface area contributed by atoms with Gasteiger partial charge in [0.2, 0.25) is 0 Å². The molecule has 0 fully saturated rings. The van der Waals surface area contributed by atoms with Gasteiger partial charge in [0.05, 0.1) is 29.7 Å². The highest BCUT2D eigenvalue weighted by atomic mass is 19.1. The zero-order valence-corrected chi connectivity index (χ0v) is 21.9. The minimum atomic E-state index is -1.38. The summed E-state index contributed by atoms with van der Waals surface area (Å²) in [5, 5.41) is 0.350. The predicted molar refractivity (Wildman–Crippen MR) is 139 cm³/mol. The molecule has 0 saturated carbocycles. The lowest BCUT2D eigenvalue weighted by Crippen LogP contribution is -2.30. The quantitative estimate of drug-likeness (QED) is 0.260. The summed E-state index contributed by atoms with van der Waals surface area (Å²) in [4.78, 5) is 17.9. The summed E-state index contributed by atoms with van der Waals surface area (Å²) in [5.74, 6) is -2.93. The van der Waals surface area contributed by atoms with E-state index in [1.165, 1.54) is 6.92 Å². The highest BCUT2D eigenvalue weighted by molar-refractivity contribution is 6.09. The number of carbonyl (C=O) groups is 1. The van der Waals surface area contributed by atoms with Crippen molar-refractivity contribution in [1.82, 2.24) is 4.98 Å². The van der Waals surface area contributed by atoms with Crippen molar-refractivity contribution in [2.75, 3.05) is 13.2 Å². The van der Waals surface area contributed by atoms with Crippen LogP contribution in [0.4, 0.5) is 13.2 Å². The number of hydrogen-bond donors (Lipinski definition) is 0. The fraction of sp³-hybridized carbons (Fsp3) is 0.333. The summed E-state index contributed by atoms with van der Waals surface area (Å²) < 4.78 is 63.1. The Kier molecular flexibility index (Phi) is 6.55. The second-order valence-corrected chi connectivity index (χ2v) is 10.3. The van der Waals surface area contributed by atoms with Crippen molar-refractivity contribution < 1.29 is 32.2 Å². The van der Waals surface area contributed by atoms with Gasteiger partial charge in [-0.05, 0) is 81.0 Å². The van der Waals surface area contributed by atoms with Crippen LogP contribution in [0.5, 0.6) is 5.75 Å². The summed E-state index contributed by atoms with van der Waals surface area (Å²) in [6.07, 6.45) is 0.939. The molecular formula is C30H28F3NO4. The van der Waals surface area contributed by atoms with E-state index in [-0.39, 0.29) is 34.1 Å². The van der Waals surface area contributed by atoms with E-state index < -0.39 is 35.1 Å². The lowest BCUT2D eigenvalue weighted by atomic mass is 9.85. The van der Waals surface area contributed by atoms with Crippen LogP contribution in [0.1, 0.15) is 50.5 Å². The van der Waals surface area contributed by atoms with E-state index in [0.29, 0.717) is 35.9 Å². The number of rotatable bonds is 5. The molecule has 1 aliphatic rings. The number of benzene rings is 3. The van der Waals surface area contributed by atoms with Crippen molar-refractivity contribution in [2.24, 2.45) is 0 Å². The normalized spacial score (nSPS) is 14.0. The van der Waals surface area contributed by atoms with Crippen molar-refractivity contribution in [1.29, 1.82) is 0 Å². The van der Waals surface area contributed by atoms with E-state index in [9.17, 15) is 9.18 Å². The summed E-state index contributed by atoms with van der Waals surface area (Å²) in [6, 6.07) is 7.10. The van der Waals surface area contributed by atoms with Gasteiger partial charge in [0.15, 0.2) is 6.10 Å². The largest absolute Gasteiger partial charge is 0.493 e. The first-order valence-electron chi connectivity index (χ1n) is 12.5. The zero-order valence-electron chi connectivity index (χ0n) is 21.9. The molecule has 5 nitrogen and oxygen atoms in total. The molecule has 0 N–H and O–H groups in total. The van der Waals surface area contributed by atoms with Gasteiger partial charge in [-0.1, -0.05) is 0 Å². The first kappa shape index (κ1) is 26.0. The smallest absolute Gasteiger partial charge is 0.339 e. The first-order valence-corrected chi connectivity index (χ1v) is 12.5. The average Bonchev–Trinajstić information content (AvgIpc) is 2.85. The van der Waals surface area contributed by atoms with Crippen molar-refractivity contribution in [3.63, 3.8) is 0 Å². The number of aromatic nitrogens is 1. The van der Waals surface area contributed by atoms with Crippen LogP contribution >= 0.6 is 0 Å². The van der Waals surface area contributed by atoms with Gasteiger partial charge >= 0.3 is 5.97 Å². The van der Waals surface area contributed by atoms with Gasteiger partial charge in [-0.25, -0.2) is 18.0 Å². The molecule has 1 aliphatic heterocycles. The third-order valence-corrected chi connectivity index (χ3v) is 6.62. The third-order valence-electron chi connectivity index (χ3n) is 6.62. The molecule has 198 valence electrons. The van der Waals surface area contributed by atoms with Gasteiger partial charge < -0.3 is 14.2 Å². The highest BCUT2D eigenvalue weighted by Gasteiger charge is 2.35. The van der Waals surface area contributed by atoms with Gasteiger partial charge in [-0.2, -0.15) is 0 Å². The van der Waals surface area contributed by atoms with E-state index in [0.717, 1.165) is 17.0 Å². The summed E-state index contributed by atoms with van der Waals surface area (Å²) in [6.45, 7) is 8.95. The van der Waals surface area contributed by atoms with Crippen LogP contribution in [0.15, 0.2) is 36.5 Å². The van der Waals surface area contributed by atoms with Crippen molar-refractivity contribution in [3.05, 3.63) is 70.7 Å². The number of carbonyl (C=O) groups excluding carboxylic acids is 1. The lowest BCUT2D eigenvalue weighted by molar-refractivity contribution is -0.166. The minimum absolute atomic E-state index is 0.00274. The number of halogens is 3. The van der Waals surface area contributed by atoms with Crippen LogP contribution in [0.25, 0.3) is 32.8 Å². The maximum absolute atomic E-state index is 15.9. The molecule has 0 bridgehead atoms. The molecule has 4 aromatic rings. The Morgan fingerprint density at radius 2 is 1.89 bits per heavy atom. The van der Waals surface area contributed by atoms with Crippen LogP contribution in [-0.2, 0) is 20.7 Å². The monoisotopic (exact) mass is 523 g/mol. The third kappa shape index (κ3) is 4.36. The topological polar surface area (TPSA) is 57.7 Å². The fourth-order valence-electron chi connectivity index (χ4n) is 5.15. The fourth-order valence-corrected chi connectivity index (χ4v) is 5.15. The molecule has 0 amide bonds. The summed E-state index contributed by atoms with van der Waals surface area (Å²) in [5.41, 5.74) is 1.53.